The third-order valence-electron chi connectivity index (χ3n) is 11.5. The molecule has 2 aliphatic rings. The van der Waals surface area contributed by atoms with Crippen molar-refractivity contribution in [2.24, 2.45) is 9.98 Å². The lowest BCUT2D eigenvalue weighted by Crippen LogP contribution is -2.33. The van der Waals surface area contributed by atoms with Gasteiger partial charge in [-0.25, -0.2) is 9.98 Å². The predicted octanol–water partition coefficient (Wildman–Crippen LogP) is 11.2. The number of aliphatic imine (C=N–C) groups is 2. The fourth-order valence-corrected chi connectivity index (χ4v) is 10.1. The van der Waals surface area contributed by atoms with Crippen LogP contribution in [0.25, 0.3) is 71.2 Å². The SMILES string of the molecule is C1=c2sc3ccc(-n4c5ccccc5c5ccccc54)cc3c2=C(c2cccc3c2oc2ccc(C4=NC(c5ccccc5)=NC(c5ccccc5)N4)cc23)CC1. The number of hydrogen-bond donors (Lipinski definition) is 1. The highest BCUT2D eigenvalue weighted by Gasteiger charge is 2.23. The number of para-hydroxylation sites is 3. The van der Waals surface area contributed by atoms with E-state index in [0.29, 0.717) is 5.84 Å². The number of furan rings is 1. The summed E-state index contributed by atoms with van der Waals surface area (Å²) in [6.45, 7) is 0. The fourth-order valence-electron chi connectivity index (χ4n) is 8.94. The lowest BCUT2D eigenvalue weighted by Gasteiger charge is -2.23. The van der Waals surface area contributed by atoms with E-state index in [2.05, 4.69) is 155 Å². The zero-order valence-electron chi connectivity index (χ0n) is 30.8. The highest BCUT2D eigenvalue weighted by atomic mass is 32.1. The number of nitrogens with zero attached hydrogens (tertiary/aromatic N) is 3. The molecule has 1 unspecified atom stereocenters. The molecule has 5 nitrogen and oxygen atoms in total. The van der Waals surface area contributed by atoms with E-state index < -0.39 is 0 Å². The van der Waals surface area contributed by atoms with Gasteiger partial charge in [-0.05, 0) is 72.5 Å². The number of fused-ring (bicyclic) bond motifs is 9. The van der Waals surface area contributed by atoms with E-state index in [9.17, 15) is 0 Å². The van der Waals surface area contributed by atoms with E-state index in [1.807, 2.05) is 35.6 Å². The van der Waals surface area contributed by atoms with E-state index in [0.717, 1.165) is 62.9 Å². The summed E-state index contributed by atoms with van der Waals surface area (Å²) in [5, 5.41) is 11.0. The third kappa shape index (κ3) is 5.14. The molecule has 10 aromatic rings. The average molecular weight is 751 g/mol. The molecule has 270 valence electrons. The first-order valence-corrected chi connectivity index (χ1v) is 20.3. The van der Waals surface area contributed by atoms with Crippen LogP contribution >= 0.6 is 11.3 Å². The van der Waals surface area contributed by atoms with Crippen molar-refractivity contribution >= 4 is 88.5 Å². The highest BCUT2D eigenvalue weighted by molar-refractivity contribution is 7.17. The zero-order valence-corrected chi connectivity index (χ0v) is 31.6. The van der Waals surface area contributed by atoms with Gasteiger partial charge in [-0.15, -0.1) is 11.3 Å². The Bertz CT molecular complexity index is 3390. The molecule has 0 spiro atoms. The molecule has 1 aliphatic carbocycles. The summed E-state index contributed by atoms with van der Waals surface area (Å²) < 4.78 is 11.9. The minimum absolute atomic E-state index is 0.262. The van der Waals surface area contributed by atoms with Crippen LogP contribution < -0.4 is 15.1 Å². The molecule has 0 saturated carbocycles. The number of benzene rings is 7. The van der Waals surface area contributed by atoms with Gasteiger partial charge in [0, 0.05) is 63.8 Å². The fraction of sp³-hybridized carbons (Fsp3) is 0.0588. The molecule has 6 heteroatoms. The summed E-state index contributed by atoms with van der Waals surface area (Å²) in [4.78, 5) is 10.1. The van der Waals surface area contributed by atoms with Crippen molar-refractivity contribution in [1.82, 2.24) is 9.88 Å². The normalized spacial score (nSPS) is 15.5. The first-order valence-electron chi connectivity index (χ1n) is 19.5. The Balaban J connectivity index is 1.01. The maximum atomic E-state index is 6.83. The van der Waals surface area contributed by atoms with Crippen molar-refractivity contribution in [2.75, 3.05) is 0 Å². The van der Waals surface area contributed by atoms with Crippen LogP contribution in [0.2, 0.25) is 0 Å². The van der Waals surface area contributed by atoms with Crippen LogP contribution in [0.1, 0.15) is 41.3 Å². The Morgan fingerprint density at radius 1 is 0.632 bits per heavy atom. The van der Waals surface area contributed by atoms with Gasteiger partial charge in [0.2, 0.25) is 0 Å². The Kier molecular flexibility index (Phi) is 7.22. The number of hydrogen-bond acceptors (Lipinski definition) is 5. The number of amidine groups is 2. The van der Waals surface area contributed by atoms with Crippen molar-refractivity contribution in [2.45, 2.75) is 19.0 Å². The molecular weight excluding hydrogens is 717 g/mol. The van der Waals surface area contributed by atoms with E-state index in [1.54, 1.807) is 0 Å². The summed E-state index contributed by atoms with van der Waals surface area (Å²) in [5.74, 6) is 1.50. The van der Waals surface area contributed by atoms with Crippen LogP contribution in [0, 0.1) is 0 Å². The molecule has 1 aliphatic heterocycles. The van der Waals surface area contributed by atoms with Gasteiger partial charge < -0.3 is 14.3 Å². The monoisotopic (exact) mass is 750 g/mol. The molecule has 0 bridgehead atoms. The molecular formula is C51H34N4OS. The minimum atomic E-state index is -0.262. The van der Waals surface area contributed by atoms with E-state index in [-0.39, 0.29) is 6.17 Å². The summed E-state index contributed by atoms with van der Waals surface area (Å²) >= 11 is 1.89. The molecule has 0 saturated heterocycles. The van der Waals surface area contributed by atoms with Crippen molar-refractivity contribution in [3.05, 3.63) is 196 Å². The van der Waals surface area contributed by atoms with Gasteiger partial charge >= 0.3 is 0 Å². The number of thiophene rings is 1. The highest BCUT2D eigenvalue weighted by Crippen LogP contribution is 2.37. The summed E-state index contributed by atoms with van der Waals surface area (Å²) in [5.41, 5.74) is 11.0. The first-order chi connectivity index (χ1) is 28.2. The number of aromatic nitrogens is 1. The van der Waals surface area contributed by atoms with Crippen LogP contribution in [-0.4, -0.2) is 16.2 Å². The lowest BCUT2D eigenvalue weighted by atomic mass is 9.93. The van der Waals surface area contributed by atoms with E-state index in [1.165, 1.54) is 52.9 Å². The maximum absolute atomic E-state index is 6.83. The molecule has 7 aromatic carbocycles. The predicted molar refractivity (Wildman–Crippen MR) is 237 cm³/mol. The second-order valence-electron chi connectivity index (χ2n) is 14.8. The molecule has 12 rings (SSSR count). The lowest BCUT2D eigenvalue weighted by molar-refractivity contribution is 0.667. The largest absolute Gasteiger partial charge is 0.455 e. The van der Waals surface area contributed by atoms with Gasteiger partial charge in [-0.1, -0.05) is 121 Å². The summed E-state index contributed by atoms with van der Waals surface area (Å²) in [6.07, 6.45) is 4.10. The van der Waals surface area contributed by atoms with Gasteiger partial charge in [0.1, 0.15) is 23.2 Å². The second-order valence-corrected chi connectivity index (χ2v) is 15.9. The minimum Gasteiger partial charge on any atom is -0.455 e. The Hall–Kier alpha value is -7.02. The Labute approximate surface area is 331 Å². The van der Waals surface area contributed by atoms with Gasteiger partial charge in [0.05, 0.1) is 11.0 Å². The van der Waals surface area contributed by atoms with Crippen LogP contribution in [0.3, 0.4) is 0 Å². The smallest absolute Gasteiger partial charge is 0.159 e. The molecule has 0 amide bonds. The van der Waals surface area contributed by atoms with Crippen molar-refractivity contribution in [1.29, 1.82) is 0 Å². The number of rotatable bonds is 5. The molecule has 4 heterocycles. The van der Waals surface area contributed by atoms with Gasteiger partial charge in [-0.2, -0.15) is 0 Å². The molecule has 0 fully saturated rings. The quantitative estimate of drug-likeness (QED) is 0.190. The van der Waals surface area contributed by atoms with Crippen LogP contribution in [0.15, 0.2) is 178 Å². The topological polar surface area (TPSA) is 54.8 Å². The van der Waals surface area contributed by atoms with Gasteiger partial charge in [0.15, 0.2) is 5.84 Å². The van der Waals surface area contributed by atoms with E-state index in [4.69, 9.17) is 14.4 Å². The summed E-state index contributed by atoms with van der Waals surface area (Å²) in [6, 6.07) is 58.1. The third-order valence-corrected chi connectivity index (χ3v) is 12.7. The molecule has 1 atom stereocenters. The molecule has 0 radical (unpaired) electrons. The van der Waals surface area contributed by atoms with E-state index >= 15 is 0 Å². The van der Waals surface area contributed by atoms with Crippen molar-refractivity contribution in [3.63, 3.8) is 0 Å². The number of nitrogens with one attached hydrogen (secondary N) is 1. The standard InChI is InChI=1S/C51H34N4OS/c1-3-13-31(14-4-1)49-52-50(32-15-5-2-6-16-32)54-51(53-49)33-25-27-44-40(29-33)39-21-11-20-38(48(39)56-44)37-19-12-24-46-47(37)41-30-34(26-28-45(41)57-46)55-42-22-9-7-17-35(42)36-18-8-10-23-43(36)55/h1-11,13-18,20-30,49H,12,19H2,(H,52,53,54). The van der Waals surface area contributed by atoms with Crippen LogP contribution in [0.4, 0.5) is 0 Å². The van der Waals surface area contributed by atoms with Crippen molar-refractivity contribution in [3.8, 4) is 5.69 Å². The average Bonchev–Trinajstić information content (AvgIpc) is 3.96. The Morgan fingerprint density at radius 2 is 1.37 bits per heavy atom. The molecule has 1 N–H and O–H groups in total. The molecule has 3 aromatic heterocycles. The summed E-state index contributed by atoms with van der Waals surface area (Å²) in [7, 11) is 0. The second kappa shape index (κ2) is 12.8. The van der Waals surface area contributed by atoms with Crippen LogP contribution in [0.5, 0.6) is 0 Å². The zero-order chi connectivity index (χ0) is 37.5. The maximum Gasteiger partial charge on any atom is 0.159 e. The van der Waals surface area contributed by atoms with Gasteiger partial charge in [0.25, 0.3) is 0 Å². The van der Waals surface area contributed by atoms with Crippen LogP contribution in [-0.2, 0) is 0 Å². The Morgan fingerprint density at radius 3 is 2.18 bits per heavy atom. The molecule has 57 heavy (non-hydrogen) atoms. The first kappa shape index (κ1) is 32.2. The van der Waals surface area contributed by atoms with Crippen molar-refractivity contribution < 1.29 is 4.42 Å². The van der Waals surface area contributed by atoms with Gasteiger partial charge in [-0.3, -0.25) is 0 Å².